The van der Waals surface area contributed by atoms with Crippen LogP contribution in [0.2, 0.25) is 0 Å². The lowest BCUT2D eigenvalue weighted by Gasteiger charge is -2.20. The third-order valence-electron chi connectivity index (χ3n) is 2.52. The van der Waals surface area contributed by atoms with Crippen LogP contribution in [-0.4, -0.2) is 13.1 Å². The lowest BCUT2D eigenvalue weighted by atomic mass is 9.99. The third kappa shape index (κ3) is 1.51. The van der Waals surface area contributed by atoms with Crippen molar-refractivity contribution >= 4 is 6.29 Å². The first-order chi connectivity index (χ1) is 6.83. The van der Waals surface area contributed by atoms with Crippen molar-refractivity contribution in [2.75, 3.05) is 6.79 Å². The number of benzene rings is 1. The van der Waals surface area contributed by atoms with Crippen LogP contribution in [0.3, 0.4) is 0 Å². The van der Waals surface area contributed by atoms with E-state index >= 15 is 0 Å². The topological polar surface area (TPSA) is 35.5 Å². The molecule has 0 saturated carbocycles. The van der Waals surface area contributed by atoms with E-state index in [1.807, 2.05) is 19.1 Å². The van der Waals surface area contributed by atoms with E-state index in [2.05, 4.69) is 0 Å². The van der Waals surface area contributed by atoms with Crippen LogP contribution < -0.4 is 4.74 Å². The van der Waals surface area contributed by atoms with Crippen molar-refractivity contribution in [1.29, 1.82) is 0 Å². The number of fused-ring (bicyclic) bond motifs is 1. The average Bonchev–Trinajstić information content (AvgIpc) is 2.23. The zero-order valence-electron chi connectivity index (χ0n) is 8.08. The van der Waals surface area contributed by atoms with Gasteiger partial charge in [0.1, 0.15) is 12.0 Å². The summed E-state index contributed by atoms with van der Waals surface area (Å²) in [4.78, 5) is 10.4. The van der Waals surface area contributed by atoms with Gasteiger partial charge in [0.05, 0.1) is 6.61 Å². The van der Waals surface area contributed by atoms with E-state index < -0.39 is 0 Å². The second kappa shape index (κ2) is 3.80. The molecule has 0 atom stereocenters. The summed E-state index contributed by atoms with van der Waals surface area (Å²) in [6.07, 6.45) is 1.37. The van der Waals surface area contributed by atoms with Gasteiger partial charge in [-0.2, -0.15) is 0 Å². The summed E-state index contributed by atoms with van der Waals surface area (Å²) in [5.74, 6) is 0.878. The van der Waals surface area contributed by atoms with E-state index in [0.29, 0.717) is 19.8 Å². The normalized spacial score (nSPS) is 14.4. The van der Waals surface area contributed by atoms with E-state index in [1.165, 1.54) is 0 Å². The Kier molecular flexibility index (Phi) is 2.50. The Morgan fingerprint density at radius 3 is 3.14 bits per heavy atom. The summed E-state index contributed by atoms with van der Waals surface area (Å²) < 4.78 is 10.5. The molecule has 74 valence electrons. The smallest absolute Gasteiger partial charge is 0.189 e. The van der Waals surface area contributed by atoms with Crippen molar-refractivity contribution in [2.24, 2.45) is 0 Å². The van der Waals surface area contributed by atoms with Crippen molar-refractivity contribution < 1.29 is 14.3 Å². The third-order valence-corrected chi connectivity index (χ3v) is 2.52. The van der Waals surface area contributed by atoms with E-state index in [0.717, 1.165) is 28.7 Å². The summed E-state index contributed by atoms with van der Waals surface area (Å²) in [5, 5.41) is 0. The first kappa shape index (κ1) is 9.21. The predicted octanol–water partition coefficient (Wildman–Crippen LogP) is 1.60. The van der Waals surface area contributed by atoms with Gasteiger partial charge < -0.3 is 14.3 Å². The average molecular weight is 192 g/mol. The molecule has 1 aromatic carbocycles. The summed E-state index contributed by atoms with van der Waals surface area (Å²) in [6.45, 7) is 2.89. The van der Waals surface area contributed by atoms with Gasteiger partial charge in [-0.25, -0.2) is 0 Å². The molecule has 1 aliphatic heterocycles. The molecule has 0 N–H and O–H groups in total. The maximum Gasteiger partial charge on any atom is 0.189 e. The van der Waals surface area contributed by atoms with Gasteiger partial charge in [-0.3, -0.25) is 0 Å². The van der Waals surface area contributed by atoms with Gasteiger partial charge >= 0.3 is 0 Å². The van der Waals surface area contributed by atoms with Crippen molar-refractivity contribution in [1.82, 2.24) is 0 Å². The molecule has 14 heavy (non-hydrogen) atoms. The van der Waals surface area contributed by atoms with Gasteiger partial charge in [0, 0.05) is 12.0 Å². The lowest BCUT2D eigenvalue weighted by Crippen LogP contribution is -2.13. The van der Waals surface area contributed by atoms with Gasteiger partial charge in [-0.15, -0.1) is 0 Å². The maximum absolute atomic E-state index is 10.4. The van der Waals surface area contributed by atoms with Crippen LogP contribution in [0.1, 0.15) is 16.7 Å². The summed E-state index contributed by atoms with van der Waals surface area (Å²) in [7, 11) is 0. The molecule has 0 saturated heterocycles. The minimum absolute atomic E-state index is 0.319. The van der Waals surface area contributed by atoms with E-state index in [-0.39, 0.29) is 0 Å². The number of hydrogen-bond donors (Lipinski definition) is 0. The Bertz CT molecular complexity index is 358. The molecular weight excluding hydrogens is 180 g/mol. The van der Waals surface area contributed by atoms with Gasteiger partial charge in [0.2, 0.25) is 0 Å². The van der Waals surface area contributed by atoms with Crippen LogP contribution in [0.15, 0.2) is 12.1 Å². The van der Waals surface area contributed by atoms with Crippen molar-refractivity contribution in [3.63, 3.8) is 0 Å². The van der Waals surface area contributed by atoms with E-state index in [1.54, 1.807) is 0 Å². The highest BCUT2D eigenvalue weighted by atomic mass is 16.7. The molecule has 0 radical (unpaired) electrons. The zero-order chi connectivity index (χ0) is 9.97. The van der Waals surface area contributed by atoms with E-state index in [4.69, 9.17) is 9.47 Å². The number of carbonyl (C=O) groups is 1. The molecule has 0 unspecified atom stereocenters. The van der Waals surface area contributed by atoms with Gasteiger partial charge in [-0.1, -0.05) is 6.07 Å². The quantitative estimate of drug-likeness (QED) is 0.668. The Hall–Kier alpha value is -1.35. The van der Waals surface area contributed by atoms with Crippen molar-refractivity contribution in [3.8, 4) is 5.75 Å². The number of aldehydes is 1. The fourth-order valence-electron chi connectivity index (χ4n) is 1.65. The molecule has 2 rings (SSSR count). The van der Waals surface area contributed by atoms with Crippen LogP contribution in [0.5, 0.6) is 5.75 Å². The Morgan fingerprint density at radius 1 is 1.50 bits per heavy atom. The number of hydrogen-bond acceptors (Lipinski definition) is 3. The highest BCUT2D eigenvalue weighted by molar-refractivity contribution is 5.58. The monoisotopic (exact) mass is 192 g/mol. The van der Waals surface area contributed by atoms with Gasteiger partial charge in [0.15, 0.2) is 6.79 Å². The molecule has 0 bridgehead atoms. The molecule has 0 aromatic heterocycles. The molecule has 0 amide bonds. The minimum Gasteiger partial charge on any atom is -0.467 e. The van der Waals surface area contributed by atoms with Crippen LogP contribution in [-0.2, 0) is 22.6 Å². The fourth-order valence-corrected chi connectivity index (χ4v) is 1.65. The molecule has 1 aliphatic rings. The van der Waals surface area contributed by atoms with Crippen molar-refractivity contribution in [2.45, 2.75) is 20.0 Å². The summed E-state index contributed by atoms with van der Waals surface area (Å²) in [6, 6.07) is 3.84. The molecule has 0 spiro atoms. The van der Waals surface area contributed by atoms with Crippen LogP contribution in [0, 0.1) is 6.92 Å². The minimum atomic E-state index is 0.319. The molecule has 1 heterocycles. The molecule has 0 fully saturated rings. The van der Waals surface area contributed by atoms with Crippen LogP contribution in [0.4, 0.5) is 0 Å². The second-order valence-corrected chi connectivity index (χ2v) is 3.31. The van der Waals surface area contributed by atoms with Crippen LogP contribution in [0.25, 0.3) is 0 Å². The maximum atomic E-state index is 10.4. The standard InChI is InChI=1S/C11H12O3/c1-8-9(4-5-12)2-3-11-10(8)6-13-7-14-11/h2-3,5H,4,6-7H2,1H3. The highest BCUT2D eigenvalue weighted by Crippen LogP contribution is 2.28. The summed E-state index contributed by atoms with van der Waals surface area (Å²) >= 11 is 0. The number of rotatable bonds is 2. The highest BCUT2D eigenvalue weighted by Gasteiger charge is 2.14. The first-order valence-corrected chi connectivity index (χ1v) is 4.58. The van der Waals surface area contributed by atoms with Gasteiger partial charge in [0.25, 0.3) is 0 Å². The number of carbonyl (C=O) groups excluding carboxylic acids is 1. The second-order valence-electron chi connectivity index (χ2n) is 3.31. The molecular formula is C11H12O3. The fraction of sp³-hybridized carbons (Fsp3) is 0.364. The zero-order valence-corrected chi connectivity index (χ0v) is 8.08. The predicted molar refractivity (Wildman–Crippen MR) is 51.2 cm³/mol. The molecule has 3 nitrogen and oxygen atoms in total. The Balaban J connectivity index is 2.43. The summed E-state index contributed by atoms with van der Waals surface area (Å²) in [5.41, 5.74) is 3.22. The lowest BCUT2D eigenvalue weighted by molar-refractivity contribution is -0.107. The van der Waals surface area contributed by atoms with E-state index in [9.17, 15) is 4.79 Å². The van der Waals surface area contributed by atoms with Crippen LogP contribution >= 0.6 is 0 Å². The Labute approximate surface area is 82.6 Å². The Morgan fingerprint density at radius 2 is 2.36 bits per heavy atom. The van der Waals surface area contributed by atoms with Gasteiger partial charge in [-0.05, 0) is 24.1 Å². The number of ether oxygens (including phenoxy) is 2. The first-order valence-electron chi connectivity index (χ1n) is 4.58. The molecule has 0 aliphatic carbocycles. The van der Waals surface area contributed by atoms with Crippen molar-refractivity contribution in [3.05, 3.63) is 28.8 Å². The molecule has 3 heteroatoms. The largest absolute Gasteiger partial charge is 0.467 e. The SMILES string of the molecule is Cc1c(CC=O)ccc2c1COCO2. The molecule has 1 aromatic rings.